The van der Waals surface area contributed by atoms with E-state index in [4.69, 9.17) is 9.40 Å². The molecule has 7 aromatic carbocycles. The Labute approximate surface area is 309 Å². The Bertz CT molecular complexity index is 2690. The van der Waals surface area contributed by atoms with Gasteiger partial charge in [0.2, 0.25) is 5.89 Å². The van der Waals surface area contributed by atoms with Crippen molar-refractivity contribution in [1.29, 1.82) is 0 Å². The van der Waals surface area contributed by atoms with Crippen LogP contribution in [0.1, 0.15) is 30.4 Å². The van der Waals surface area contributed by atoms with Crippen LogP contribution in [-0.2, 0) is 6.42 Å². The number of fused-ring (bicyclic) bond motifs is 7. The first-order valence-corrected chi connectivity index (χ1v) is 18.5. The minimum Gasteiger partial charge on any atom is -0.435 e. The maximum absolute atomic E-state index is 7.00. The Morgan fingerprint density at radius 3 is 1.81 bits per heavy atom. The third-order valence-corrected chi connectivity index (χ3v) is 10.6. The van der Waals surface area contributed by atoms with Gasteiger partial charge in [0.1, 0.15) is 5.52 Å². The molecule has 0 saturated heterocycles. The summed E-state index contributed by atoms with van der Waals surface area (Å²) in [5.74, 6) is 0.666. The molecular formula is C49H37N3O. The molecule has 1 heterocycles. The third kappa shape index (κ3) is 5.51. The van der Waals surface area contributed by atoms with Gasteiger partial charge in [-0.15, -0.1) is 0 Å². The second-order valence-corrected chi connectivity index (χ2v) is 13.8. The van der Waals surface area contributed by atoms with Gasteiger partial charge < -0.3 is 14.2 Å². The molecule has 0 bridgehead atoms. The van der Waals surface area contributed by atoms with Gasteiger partial charge in [-0.3, -0.25) is 0 Å². The molecule has 2 aliphatic carbocycles. The van der Waals surface area contributed by atoms with Crippen molar-refractivity contribution in [3.63, 3.8) is 0 Å². The minimum absolute atomic E-state index is 0.666. The monoisotopic (exact) mass is 683 g/mol. The number of nitrogens with zero attached hydrogens (tertiary/aromatic N) is 3. The van der Waals surface area contributed by atoms with Crippen molar-refractivity contribution < 1.29 is 4.42 Å². The lowest BCUT2D eigenvalue weighted by Crippen LogP contribution is -2.17. The van der Waals surface area contributed by atoms with Crippen molar-refractivity contribution in [2.45, 2.75) is 25.7 Å². The van der Waals surface area contributed by atoms with Gasteiger partial charge in [0.25, 0.3) is 0 Å². The summed E-state index contributed by atoms with van der Waals surface area (Å²) in [4.78, 5) is 10.1. The van der Waals surface area contributed by atoms with Crippen molar-refractivity contribution in [3.05, 3.63) is 187 Å². The molecular weight excluding hydrogens is 647 g/mol. The number of aromatic nitrogens is 1. The van der Waals surface area contributed by atoms with Crippen molar-refractivity contribution >= 4 is 67.2 Å². The molecule has 0 amide bonds. The molecule has 2 aliphatic rings. The summed E-state index contributed by atoms with van der Waals surface area (Å²) in [7, 11) is 0. The summed E-state index contributed by atoms with van der Waals surface area (Å²) in [6.07, 6.45) is 15.1. The van der Waals surface area contributed by atoms with Crippen LogP contribution in [-0.4, -0.2) is 4.98 Å². The number of para-hydroxylation sites is 3. The molecule has 0 atom stereocenters. The van der Waals surface area contributed by atoms with Crippen molar-refractivity contribution in [3.8, 4) is 11.5 Å². The highest BCUT2D eigenvalue weighted by Gasteiger charge is 2.23. The highest BCUT2D eigenvalue weighted by atomic mass is 16.3. The van der Waals surface area contributed by atoms with E-state index in [0.717, 1.165) is 92.3 Å². The highest BCUT2D eigenvalue weighted by molar-refractivity contribution is 6.24. The Kier molecular flexibility index (Phi) is 7.72. The van der Waals surface area contributed by atoms with Gasteiger partial charge in [-0.2, -0.15) is 0 Å². The van der Waals surface area contributed by atoms with E-state index in [1.54, 1.807) is 0 Å². The van der Waals surface area contributed by atoms with E-state index >= 15 is 0 Å². The van der Waals surface area contributed by atoms with Gasteiger partial charge in [-0.25, -0.2) is 4.98 Å². The van der Waals surface area contributed by atoms with E-state index < -0.39 is 0 Å². The Morgan fingerprint density at radius 1 is 0.509 bits per heavy atom. The maximum atomic E-state index is 7.00. The number of anilines is 5. The first kappa shape index (κ1) is 31.1. The maximum Gasteiger partial charge on any atom is 0.227 e. The van der Waals surface area contributed by atoms with Gasteiger partial charge in [-0.1, -0.05) is 103 Å². The minimum atomic E-state index is 0.666. The second-order valence-electron chi connectivity index (χ2n) is 13.8. The predicted molar refractivity (Wildman–Crippen MR) is 222 cm³/mol. The summed E-state index contributed by atoms with van der Waals surface area (Å²) in [5, 5.41) is 4.40. The molecule has 4 heteroatoms. The van der Waals surface area contributed by atoms with E-state index in [9.17, 15) is 0 Å². The molecule has 0 saturated carbocycles. The number of rotatable bonds is 7. The van der Waals surface area contributed by atoms with Crippen LogP contribution in [0.2, 0.25) is 0 Å². The van der Waals surface area contributed by atoms with Gasteiger partial charge in [0, 0.05) is 50.5 Å². The molecule has 8 aromatic rings. The van der Waals surface area contributed by atoms with Crippen LogP contribution in [0.25, 0.3) is 50.2 Å². The Morgan fingerprint density at radius 2 is 1.13 bits per heavy atom. The number of hydrogen-bond donors (Lipinski definition) is 0. The molecule has 0 unspecified atom stereocenters. The quantitative estimate of drug-likeness (QED) is 0.157. The largest absolute Gasteiger partial charge is 0.435 e. The lowest BCUT2D eigenvalue weighted by molar-refractivity contribution is 0.621. The molecule has 0 fully saturated rings. The van der Waals surface area contributed by atoms with Crippen LogP contribution in [0, 0.1) is 0 Å². The average molecular weight is 684 g/mol. The van der Waals surface area contributed by atoms with Crippen molar-refractivity contribution in [2.24, 2.45) is 0 Å². The fraction of sp³-hybridized carbons (Fsp3) is 0.0816. The lowest BCUT2D eigenvalue weighted by Gasteiger charge is -2.29. The van der Waals surface area contributed by atoms with Crippen molar-refractivity contribution in [1.82, 2.24) is 4.98 Å². The third-order valence-electron chi connectivity index (χ3n) is 10.6. The van der Waals surface area contributed by atoms with E-state index in [1.165, 1.54) is 16.8 Å². The van der Waals surface area contributed by atoms with Crippen LogP contribution >= 0.6 is 0 Å². The zero-order valence-electron chi connectivity index (χ0n) is 29.3. The van der Waals surface area contributed by atoms with Gasteiger partial charge >= 0.3 is 0 Å². The Hall–Kier alpha value is -6.65. The lowest BCUT2D eigenvalue weighted by atomic mass is 9.93. The fourth-order valence-electron chi connectivity index (χ4n) is 8.11. The summed E-state index contributed by atoms with van der Waals surface area (Å²) >= 11 is 0. The van der Waals surface area contributed by atoms with Crippen LogP contribution < -0.4 is 9.80 Å². The number of benzene rings is 7. The zero-order chi connectivity index (χ0) is 35.1. The van der Waals surface area contributed by atoms with Gasteiger partial charge in [0.05, 0.1) is 0 Å². The number of hydrogen-bond acceptors (Lipinski definition) is 4. The molecule has 0 aliphatic heterocycles. The predicted octanol–water partition coefficient (Wildman–Crippen LogP) is 13.6. The summed E-state index contributed by atoms with van der Waals surface area (Å²) in [6, 6.07) is 51.9. The fourth-order valence-corrected chi connectivity index (χ4v) is 8.11. The number of allylic oxidation sites excluding steroid dienone is 5. The summed E-state index contributed by atoms with van der Waals surface area (Å²) < 4.78 is 7.00. The standard InChI is InChI=1S/C49H37N3O/c1-5-18-35(19-6-1)51(36-20-7-2-8-21-36)39-28-30-42-43-31-29-40(52(37-22-9-3-10-23-37)38-24-11-4-12-25-38)33-46(43)48-47(45(42)32-39)50-49(53-48)44-27-15-17-34-16-13-14-26-41(34)44/h1-7,9-13,15-20,22-25,27-33H,8,14,21,26H2. The molecule has 0 spiro atoms. The highest BCUT2D eigenvalue weighted by Crippen LogP contribution is 2.44. The van der Waals surface area contributed by atoms with Gasteiger partial charge in [-0.05, 0) is 120 Å². The molecule has 4 nitrogen and oxygen atoms in total. The van der Waals surface area contributed by atoms with Crippen LogP contribution in [0.15, 0.2) is 180 Å². The first-order valence-electron chi connectivity index (χ1n) is 18.5. The zero-order valence-corrected chi connectivity index (χ0v) is 29.3. The summed E-state index contributed by atoms with van der Waals surface area (Å²) in [6.45, 7) is 0. The van der Waals surface area contributed by atoms with E-state index in [2.05, 4.69) is 186 Å². The van der Waals surface area contributed by atoms with E-state index in [0.29, 0.717) is 5.89 Å². The van der Waals surface area contributed by atoms with Crippen molar-refractivity contribution in [2.75, 3.05) is 9.80 Å². The van der Waals surface area contributed by atoms with Crippen LogP contribution in [0.5, 0.6) is 0 Å². The van der Waals surface area contributed by atoms with E-state index in [-0.39, 0.29) is 0 Å². The van der Waals surface area contributed by atoms with Crippen LogP contribution in [0.4, 0.5) is 28.4 Å². The molecule has 53 heavy (non-hydrogen) atoms. The molecule has 0 N–H and O–H groups in total. The van der Waals surface area contributed by atoms with E-state index in [1.807, 2.05) is 0 Å². The smallest absolute Gasteiger partial charge is 0.227 e. The normalized spacial score (nSPS) is 13.7. The molecule has 254 valence electrons. The average Bonchev–Trinajstić information content (AvgIpc) is 3.69. The van der Waals surface area contributed by atoms with Gasteiger partial charge in [0.15, 0.2) is 5.58 Å². The second kappa shape index (κ2) is 13.2. The summed E-state index contributed by atoms with van der Waals surface area (Å²) in [5.41, 5.74) is 12.0. The topological polar surface area (TPSA) is 32.5 Å². The molecule has 0 radical (unpaired) electrons. The molecule has 1 aromatic heterocycles. The Balaban J connectivity index is 1.24. The SMILES string of the molecule is C1=CCCC(N(c2ccccc2)c2ccc3c4ccc(N(c5ccccc5)c5ccccc5)cc4c4oc(-c5cccc6c5CCC=C6)nc4c3c2)=C1. The van der Waals surface area contributed by atoms with Crippen LogP contribution in [0.3, 0.4) is 0 Å². The number of oxazole rings is 1. The first-order chi connectivity index (χ1) is 26.3. The molecule has 10 rings (SSSR count).